The highest BCUT2D eigenvalue weighted by molar-refractivity contribution is 7.47. The van der Waals surface area contributed by atoms with E-state index in [9.17, 15) is 43.2 Å². The van der Waals surface area contributed by atoms with E-state index in [0.29, 0.717) is 25.7 Å². The molecule has 0 saturated carbocycles. The molecule has 3 N–H and O–H groups in total. The van der Waals surface area contributed by atoms with Crippen molar-refractivity contribution in [3.05, 3.63) is 0 Å². The van der Waals surface area contributed by atoms with Gasteiger partial charge in [0.15, 0.2) is 12.2 Å². The molecular formula is C78H152O17P2. The quantitative estimate of drug-likeness (QED) is 0.0222. The fraction of sp³-hybridized carbons (Fsp3) is 0.949. The molecular weight excluding hydrogens is 1270 g/mol. The maximum absolute atomic E-state index is 13.1. The van der Waals surface area contributed by atoms with Crippen LogP contribution in [0, 0.1) is 17.8 Å². The second kappa shape index (κ2) is 68.5. The number of ether oxygens (including phenoxy) is 4. The monoisotopic (exact) mass is 1420 g/mol. The van der Waals surface area contributed by atoms with E-state index in [-0.39, 0.29) is 25.7 Å². The van der Waals surface area contributed by atoms with Crippen LogP contribution in [0.4, 0.5) is 0 Å². The van der Waals surface area contributed by atoms with Gasteiger partial charge in [-0.3, -0.25) is 37.3 Å². The minimum absolute atomic E-state index is 0.107. The van der Waals surface area contributed by atoms with Gasteiger partial charge in [0.2, 0.25) is 0 Å². The lowest BCUT2D eigenvalue weighted by Gasteiger charge is -2.21. The van der Waals surface area contributed by atoms with Crippen LogP contribution in [0.5, 0.6) is 0 Å². The molecule has 3 unspecified atom stereocenters. The normalized spacial score (nSPS) is 14.3. The molecule has 0 aromatic carbocycles. The summed E-state index contributed by atoms with van der Waals surface area (Å²) >= 11 is 0. The van der Waals surface area contributed by atoms with Crippen molar-refractivity contribution < 1.29 is 80.2 Å². The van der Waals surface area contributed by atoms with E-state index in [1.54, 1.807) is 0 Å². The Labute approximate surface area is 594 Å². The third kappa shape index (κ3) is 70.9. The highest BCUT2D eigenvalue weighted by atomic mass is 31.2. The molecule has 0 spiro atoms. The highest BCUT2D eigenvalue weighted by Gasteiger charge is 2.30. The predicted molar refractivity (Wildman–Crippen MR) is 395 cm³/mol. The van der Waals surface area contributed by atoms with E-state index < -0.39 is 97.5 Å². The van der Waals surface area contributed by atoms with Gasteiger partial charge in [-0.15, -0.1) is 0 Å². The van der Waals surface area contributed by atoms with E-state index in [2.05, 4.69) is 48.5 Å². The Morgan fingerprint density at radius 3 is 0.784 bits per heavy atom. The zero-order valence-electron chi connectivity index (χ0n) is 63.5. The van der Waals surface area contributed by atoms with Gasteiger partial charge < -0.3 is 33.8 Å². The number of carbonyl (C=O) groups is 4. The molecule has 0 aromatic rings. The summed E-state index contributed by atoms with van der Waals surface area (Å²) in [5, 5.41) is 10.6. The van der Waals surface area contributed by atoms with Crippen LogP contribution in [0.25, 0.3) is 0 Å². The first-order valence-electron chi connectivity index (χ1n) is 40.4. The smallest absolute Gasteiger partial charge is 0.462 e. The minimum Gasteiger partial charge on any atom is -0.462 e. The average molecular weight is 1420 g/mol. The number of aliphatic hydroxyl groups excluding tert-OH is 1. The van der Waals surface area contributed by atoms with Crippen molar-refractivity contribution in [2.75, 3.05) is 39.6 Å². The molecule has 0 bridgehead atoms. The first-order chi connectivity index (χ1) is 46.8. The van der Waals surface area contributed by atoms with Gasteiger partial charge in [-0.25, -0.2) is 9.13 Å². The van der Waals surface area contributed by atoms with E-state index in [0.717, 1.165) is 108 Å². The van der Waals surface area contributed by atoms with Gasteiger partial charge in [0.1, 0.15) is 19.3 Å². The molecule has 0 heterocycles. The van der Waals surface area contributed by atoms with Crippen molar-refractivity contribution in [1.29, 1.82) is 0 Å². The largest absolute Gasteiger partial charge is 0.472 e. The molecule has 0 aromatic heterocycles. The van der Waals surface area contributed by atoms with Crippen molar-refractivity contribution in [3.8, 4) is 0 Å². The topological polar surface area (TPSA) is 237 Å². The highest BCUT2D eigenvalue weighted by Crippen LogP contribution is 2.45. The first kappa shape index (κ1) is 95.1. The molecule has 0 aliphatic carbocycles. The maximum atomic E-state index is 13.1. The summed E-state index contributed by atoms with van der Waals surface area (Å²) in [5.74, 6) is 0.243. The summed E-state index contributed by atoms with van der Waals surface area (Å²) in [6.45, 7) is 12.0. The number of phosphoric ester groups is 2. The Bertz CT molecular complexity index is 1890. The Kier molecular flexibility index (Phi) is 67.1. The number of hydrogen-bond acceptors (Lipinski definition) is 15. The number of hydrogen-bond donors (Lipinski definition) is 3. The van der Waals surface area contributed by atoms with Gasteiger partial charge in [-0.05, 0) is 43.4 Å². The maximum Gasteiger partial charge on any atom is 0.472 e. The number of phosphoric acid groups is 2. The number of rotatable bonds is 76. The van der Waals surface area contributed by atoms with Gasteiger partial charge in [0.05, 0.1) is 26.4 Å². The van der Waals surface area contributed by atoms with Crippen molar-refractivity contribution in [1.82, 2.24) is 0 Å². The second-order valence-electron chi connectivity index (χ2n) is 29.3. The molecule has 0 amide bonds. The first-order valence-corrected chi connectivity index (χ1v) is 43.4. The van der Waals surface area contributed by atoms with Crippen LogP contribution in [-0.2, 0) is 65.4 Å². The number of esters is 4. The predicted octanol–water partition coefficient (Wildman–Crippen LogP) is 23.0. The van der Waals surface area contributed by atoms with E-state index in [4.69, 9.17) is 37.0 Å². The Balaban J connectivity index is 5.26. The number of unbranched alkanes of at least 4 members (excludes halogenated alkanes) is 43. The fourth-order valence-electron chi connectivity index (χ4n) is 11.9. The summed E-state index contributed by atoms with van der Waals surface area (Å²) in [5.41, 5.74) is 0. The van der Waals surface area contributed by atoms with Gasteiger partial charge in [0.25, 0.3) is 0 Å². The van der Waals surface area contributed by atoms with Crippen molar-refractivity contribution in [3.63, 3.8) is 0 Å². The standard InChI is InChI=1S/C78H152O17P2/c1-8-10-11-12-13-14-15-19-23-32-40-47-54-61-77(82)95-74(66-89-76(81)60-53-46-39-34-27-29-36-43-50-57-70(5)6)68-93-97(86,87)91-64-72(79)63-90-96(84,85)92-67-73(65-88-75(80)59-52-45-38-31-26-25-30-37-44-51-58-71(7)9-2)94-78(83)62-55-48-41-33-24-21-18-16-17-20-22-28-35-42-49-56-69(3)4/h69-74,79H,8-68H2,1-7H3,(H,84,85)(H,86,87)/t71?,72-,73-,74-/m1/s1. The van der Waals surface area contributed by atoms with E-state index >= 15 is 0 Å². The van der Waals surface area contributed by atoms with Crippen LogP contribution < -0.4 is 0 Å². The lowest BCUT2D eigenvalue weighted by molar-refractivity contribution is -0.161. The van der Waals surface area contributed by atoms with Crippen molar-refractivity contribution >= 4 is 39.5 Å². The molecule has 19 heteroatoms. The third-order valence-corrected chi connectivity index (χ3v) is 20.4. The van der Waals surface area contributed by atoms with Crippen LogP contribution in [0.1, 0.15) is 402 Å². The van der Waals surface area contributed by atoms with Gasteiger partial charge >= 0.3 is 39.5 Å². The van der Waals surface area contributed by atoms with E-state index in [1.807, 2.05) is 0 Å². The third-order valence-electron chi connectivity index (χ3n) is 18.5. The molecule has 0 aliphatic heterocycles. The summed E-state index contributed by atoms with van der Waals surface area (Å²) in [4.78, 5) is 72.9. The fourth-order valence-corrected chi connectivity index (χ4v) is 13.5. The summed E-state index contributed by atoms with van der Waals surface area (Å²) in [7, 11) is -9.92. The zero-order valence-corrected chi connectivity index (χ0v) is 65.3. The number of carbonyl (C=O) groups excluding carboxylic acids is 4. The second-order valence-corrected chi connectivity index (χ2v) is 32.2. The molecule has 0 fully saturated rings. The lowest BCUT2D eigenvalue weighted by Crippen LogP contribution is -2.30. The molecule has 0 aliphatic rings. The van der Waals surface area contributed by atoms with Crippen LogP contribution in [0.2, 0.25) is 0 Å². The summed E-state index contributed by atoms with van der Waals surface area (Å²) in [6.07, 6.45) is 55.3. The van der Waals surface area contributed by atoms with E-state index in [1.165, 1.54) is 212 Å². The van der Waals surface area contributed by atoms with Crippen LogP contribution in [0.15, 0.2) is 0 Å². The molecule has 576 valence electrons. The summed E-state index contributed by atoms with van der Waals surface area (Å²) < 4.78 is 68.6. The molecule has 6 atom stereocenters. The van der Waals surface area contributed by atoms with Gasteiger partial charge in [-0.2, -0.15) is 0 Å². The molecule has 0 rings (SSSR count). The van der Waals surface area contributed by atoms with Gasteiger partial charge in [0, 0.05) is 25.7 Å². The minimum atomic E-state index is -4.96. The lowest BCUT2D eigenvalue weighted by atomic mass is 9.99. The number of aliphatic hydroxyl groups is 1. The average Bonchev–Trinajstić information content (AvgIpc) is 1.26. The van der Waals surface area contributed by atoms with Crippen molar-refractivity contribution in [2.45, 2.75) is 420 Å². The molecule has 17 nitrogen and oxygen atoms in total. The Hall–Kier alpha value is -1.94. The Morgan fingerprint density at radius 1 is 0.299 bits per heavy atom. The zero-order chi connectivity index (χ0) is 71.6. The van der Waals surface area contributed by atoms with Crippen LogP contribution in [-0.4, -0.2) is 96.7 Å². The molecule has 0 saturated heterocycles. The van der Waals surface area contributed by atoms with Crippen LogP contribution >= 0.6 is 15.6 Å². The van der Waals surface area contributed by atoms with Crippen LogP contribution in [0.3, 0.4) is 0 Å². The van der Waals surface area contributed by atoms with Gasteiger partial charge in [-0.1, -0.05) is 350 Å². The van der Waals surface area contributed by atoms with Crippen molar-refractivity contribution in [2.24, 2.45) is 17.8 Å². The Morgan fingerprint density at radius 2 is 0.526 bits per heavy atom. The SMILES string of the molecule is CCCCCCCCCCCCCCCC(=O)O[C@H](COC(=O)CCCCCCCCCCCC(C)C)COP(=O)(O)OC[C@H](O)COP(=O)(O)OC[C@@H](COC(=O)CCCCCCCCCCCCC(C)CC)OC(=O)CCCCCCCCCCCCCCCCCC(C)C. The summed E-state index contributed by atoms with van der Waals surface area (Å²) in [6, 6.07) is 0. The molecule has 97 heavy (non-hydrogen) atoms. The molecule has 0 radical (unpaired) electrons.